The van der Waals surface area contributed by atoms with E-state index in [1.165, 1.54) is 36.8 Å². The van der Waals surface area contributed by atoms with Crippen molar-refractivity contribution in [2.75, 3.05) is 6.61 Å². The summed E-state index contributed by atoms with van der Waals surface area (Å²) in [5.74, 6) is 0. The highest BCUT2D eigenvalue weighted by molar-refractivity contribution is 5.28. The Morgan fingerprint density at radius 1 is 1.31 bits per heavy atom. The fourth-order valence-electron chi connectivity index (χ4n) is 2.60. The molecule has 16 heavy (non-hydrogen) atoms. The van der Waals surface area contributed by atoms with Crippen molar-refractivity contribution in [2.45, 2.75) is 44.7 Å². The summed E-state index contributed by atoms with van der Waals surface area (Å²) in [6, 6.07) is 9.00. The lowest BCUT2D eigenvalue weighted by Crippen LogP contribution is -2.33. The van der Waals surface area contributed by atoms with Crippen LogP contribution in [0.25, 0.3) is 0 Å². The maximum Gasteiger partial charge on any atom is 0.0626 e. The molecule has 1 saturated carbocycles. The molecule has 2 heteroatoms. The summed E-state index contributed by atoms with van der Waals surface area (Å²) in [7, 11) is 0. The Kier molecular flexibility index (Phi) is 3.97. The lowest BCUT2D eigenvalue weighted by molar-refractivity contribution is 0.232. The summed E-state index contributed by atoms with van der Waals surface area (Å²) in [6.45, 7) is 2.29. The molecule has 1 atom stereocenters. The van der Waals surface area contributed by atoms with Gasteiger partial charge in [0, 0.05) is 6.04 Å². The van der Waals surface area contributed by atoms with E-state index in [4.69, 9.17) is 0 Å². The Hall–Kier alpha value is -0.860. The Balaban J connectivity index is 2.06. The number of hydrogen-bond donors (Lipinski definition) is 2. The first-order valence-corrected chi connectivity index (χ1v) is 6.23. The van der Waals surface area contributed by atoms with Crippen LogP contribution >= 0.6 is 0 Å². The van der Waals surface area contributed by atoms with Crippen molar-refractivity contribution in [1.82, 2.24) is 5.32 Å². The van der Waals surface area contributed by atoms with Gasteiger partial charge in [0.15, 0.2) is 0 Å². The number of benzene rings is 1. The average Bonchev–Trinajstić information content (AvgIpc) is 2.80. The molecule has 0 saturated heterocycles. The van der Waals surface area contributed by atoms with Crippen LogP contribution in [-0.2, 0) is 0 Å². The molecular weight excluding hydrogens is 198 g/mol. The number of nitrogens with one attached hydrogen (secondary N) is 1. The van der Waals surface area contributed by atoms with Gasteiger partial charge in [-0.1, -0.05) is 37.1 Å². The quantitative estimate of drug-likeness (QED) is 0.815. The summed E-state index contributed by atoms with van der Waals surface area (Å²) in [6.07, 6.45) is 5.15. The molecule has 1 aromatic rings. The maximum absolute atomic E-state index is 9.50. The Morgan fingerprint density at radius 2 is 2.00 bits per heavy atom. The van der Waals surface area contributed by atoms with Crippen molar-refractivity contribution in [3.8, 4) is 0 Å². The topological polar surface area (TPSA) is 32.3 Å². The minimum Gasteiger partial charge on any atom is -0.394 e. The molecule has 0 aliphatic heterocycles. The zero-order chi connectivity index (χ0) is 11.4. The third kappa shape index (κ3) is 2.63. The van der Waals surface area contributed by atoms with Gasteiger partial charge in [-0.2, -0.15) is 0 Å². The van der Waals surface area contributed by atoms with Gasteiger partial charge >= 0.3 is 0 Å². The molecule has 0 spiro atoms. The maximum atomic E-state index is 9.50. The predicted molar refractivity (Wildman–Crippen MR) is 66.4 cm³/mol. The summed E-state index contributed by atoms with van der Waals surface area (Å²) in [4.78, 5) is 0. The Morgan fingerprint density at radius 3 is 2.62 bits per heavy atom. The van der Waals surface area contributed by atoms with Gasteiger partial charge < -0.3 is 10.4 Å². The molecule has 0 aromatic heterocycles. The smallest absolute Gasteiger partial charge is 0.0626 e. The first-order chi connectivity index (χ1) is 7.81. The van der Waals surface area contributed by atoms with Crippen molar-refractivity contribution < 1.29 is 5.11 Å². The van der Waals surface area contributed by atoms with Gasteiger partial charge in [0.2, 0.25) is 0 Å². The number of aliphatic hydroxyl groups is 1. The largest absolute Gasteiger partial charge is 0.394 e. The molecule has 2 rings (SSSR count). The van der Waals surface area contributed by atoms with E-state index in [0.29, 0.717) is 6.04 Å². The monoisotopic (exact) mass is 219 g/mol. The van der Waals surface area contributed by atoms with Crippen molar-refractivity contribution >= 4 is 0 Å². The third-order valence-electron chi connectivity index (χ3n) is 3.54. The second kappa shape index (κ2) is 5.46. The van der Waals surface area contributed by atoms with E-state index in [1.807, 2.05) is 12.1 Å². The molecule has 0 radical (unpaired) electrons. The molecule has 0 heterocycles. The highest BCUT2D eigenvalue weighted by Gasteiger charge is 2.20. The molecule has 1 aliphatic rings. The number of rotatable bonds is 4. The van der Waals surface area contributed by atoms with E-state index in [2.05, 4.69) is 24.4 Å². The summed E-state index contributed by atoms with van der Waals surface area (Å²) in [5.41, 5.74) is 2.49. The van der Waals surface area contributed by atoms with Crippen LogP contribution in [0.2, 0.25) is 0 Å². The molecule has 88 valence electrons. The normalized spacial score (nSPS) is 18.9. The Labute approximate surface area is 97.7 Å². The highest BCUT2D eigenvalue weighted by atomic mass is 16.3. The minimum atomic E-state index is 0.101. The second-order valence-electron chi connectivity index (χ2n) is 4.74. The third-order valence-corrected chi connectivity index (χ3v) is 3.54. The van der Waals surface area contributed by atoms with E-state index in [0.717, 1.165) is 0 Å². The standard InChI is InChI=1S/C14H21NO/c1-11-6-2-5-9-13(11)14(10-16)15-12-7-3-4-8-12/h2,5-6,9,12,14-16H,3-4,7-8,10H2,1H3. The van der Waals surface area contributed by atoms with Crippen LogP contribution in [0.5, 0.6) is 0 Å². The molecule has 1 aliphatic carbocycles. The van der Waals surface area contributed by atoms with Crippen molar-refractivity contribution in [3.05, 3.63) is 35.4 Å². The van der Waals surface area contributed by atoms with Gasteiger partial charge in [-0.15, -0.1) is 0 Å². The van der Waals surface area contributed by atoms with E-state index in [-0.39, 0.29) is 12.6 Å². The predicted octanol–water partition coefficient (Wildman–Crippen LogP) is 2.56. The van der Waals surface area contributed by atoms with Crippen LogP contribution in [0.4, 0.5) is 0 Å². The molecule has 1 aromatic carbocycles. The molecule has 0 amide bonds. The minimum absolute atomic E-state index is 0.101. The fourth-order valence-corrected chi connectivity index (χ4v) is 2.60. The van der Waals surface area contributed by atoms with E-state index < -0.39 is 0 Å². The molecule has 2 N–H and O–H groups in total. The van der Waals surface area contributed by atoms with Gasteiger partial charge in [0.1, 0.15) is 0 Å². The summed E-state index contributed by atoms with van der Waals surface area (Å²) in [5, 5.41) is 13.1. The van der Waals surface area contributed by atoms with Crippen molar-refractivity contribution in [3.63, 3.8) is 0 Å². The van der Waals surface area contributed by atoms with Gasteiger partial charge in [0.25, 0.3) is 0 Å². The van der Waals surface area contributed by atoms with Crippen LogP contribution < -0.4 is 5.32 Å². The Bertz CT molecular complexity index is 331. The lowest BCUT2D eigenvalue weighted by atomic mass is 10.0. The number of hydrogen-bond acceptors (Lipinski definition) is 2. The molecular formula is C14H21NO. The summed E-state index contributed by atoms with van der Waals surface area (Å²) < 4.78 is 0. The van der Waals surface area contributed by atoms with Gasteiger partial charge in [0.05, 0.1) is 12.6 Å². The fraction of sp³-hybridized carbons (Fsp3) is 0.571. The average molecular weight is 219 g/mol. The second-order valence-corrected chi connectivity index (χ2v) is 4.74. The van der Waals surface area contributed by atoms with E-state index in [1.54, 1.807) is 0 Å². The van der Waals surface area contributed by atoms with E-state index in [9.17, 15) is 5.11 Å². The molecule has 1 unspecified atom stereocenters. The lowest BCUT2D eigenvalue weighted by Gasteiger charge is -2.22. The molecule has 1 fully saturated rings. The number of aliphatic hydroxyl groups excluding tert-OH is 1. The SMILES string of the molecule is Cc1ccccc1C(CO)NC1CCCC1. The van der Waals surface area contributed by atoms with E-state index >= 15 is 0 Å². The zero-order valence-corrected chi connectivity index (χ0v) is 9.95. The number of aryl methyl sites for hydroxylation is 1. The first-order valence-electron chi connectivity index (χ1n) is 6.23. The van der Waals surface area contributed by atoms with Crippen molar-refractivity contribution in [1.29, 1.82) is 0 Å². The van der Waals surface area contributed by atoms with Crippen LogP contribution in [0.1, 0.15) is 42.9 Å². The van der Waals surface area contributed by atoms with Crippen LogP contribution in [0.15, 0.2) is 24.3 Å². The van der Waals surface area contributed by atoms with Crippen LogP contribution in [0, 0.1) is 6.92 Å². The van der Waals surface area contributed by atoms with Gasteiger partial charge in [-0.25, -0.2) is 0 Å². The van der Waals surface area contributed by atoms with Gasteiger partial charge in [-0.3, -0.25) is 0 Å². The highest BCUT2D eigenvalue weighted by Crippen LogP contribution is 2.23. The van der Waals surface area contributed by atoms with Crippen LogP contribution in [-0.4, -0.2) is 17.8 Å². The zero-order valence-electron chi connectivity index (χ0n) is 9.95. The van der Waals surface area contributed by atoms with Crippen molar-refractivity contribution in [2.24, 2.45) is 0 Å². The van der Waals surface area contributed by atoms with Gasteiger partial charge in [-0.05, 0) is 30.9 Å². The molecule has 2 nitrogen and oxygen atoms in total. The summed E-state index contributed by atoms with van der Waals surface area (Å²) >= 11 is 0. The first kappa shape index (κ1) is 11.6. The van der Waals surface area contributed by atoms with Crippen LogP contribution in [0.3, 0.4) is 0 Å². The molecule has 0 bridgehead atoms.